The minimum absolute atomic E-state index is 0.0897. The quantitative estimate of drug-likeness (QED) is 0.669. The van der Waals surface area contributed by atoms with Gasteiger partial charge in [0.1, 0.15) is 17.3 Å². The van der Waals surface area contributed by atoms with Crippen LogP contribution >= 0.6 is 34.5 Å². The maximum absolute atomic E-state index is 12.6. The van der Waals surface area contributed by atoms with Gasteiger partial charge in [0, 0.05) is 10.6 Å². The van der Waals surface area contributed by atoms with Crippen molar-refractivity contribution in [2.45, 2.75) is 11.5 Å². The first-order chi connectivity index (χ1) is 11.9. The first kappa shape index (κ1) is 16.7. The van der Waals surface area contributed by atoms with E-state index in [4.69, 9.17) is 27.9 Å². The molecule has 0 amide bonds. The SMILES string of the molecule is O=S(=O)(Nc1nc2c(s1)COc1ccccc1-2)c1cc(Cl)ccc1Cl. The van der Waals surface area contributed by atoms with Gasteiger partial charge >= 0.3 is 0 Å². The second-order valence-corrected chi connectivity index (χ2v) is 8.83. The molecule has 0 aliphatic carbocycles. The van der Waals surface area contributed by atoms with Gasteiger partial charge in [0.2, 0.25) is 0 Å². The molecule has 2 aromatic carbocycles. The third-order valence-electron chi connectivity index (χ3n) is 3.60. The molecule has 0 fully saturated rings. The standard InChI is InChI=1S/C16H10Cl2N2O3S2/c17-9-5-6-11(18)14(7-9)25(21,22)20-16-19-15-10-3-1-2-4-12(10)23-8-13(15)24-16/h1-7H,8H2,(H,19,20). The van der Waals surface area contributed by atoms with Crippen LogP contribution in [0.5, 0.6) is 5.75 Å². The van der Waals surface area contributed by atoms with Crippen molar-refractivity contribution in [2.75, 3.05) is 4.72 Å². The van der Waals surface area contributed by atoms with E-state index < -0.39 is 10.0 Å². The van der Waals surface area contributed by atoms with Gasteiger partial charge in [0.25, 0.3) is 10.0 Å². The number of fused-ring (bicyclic) bond motifs is 3. The third-order valence-corrected chi connectivity index (χ3v) is 6.73. The highest BCUT2D eigenvalue weighted by molar-refractivity contribution is 7.93. The van der Waals surface area contributed by atoms with Crippen molar-refractivity contribution in [3.05, 3.63) is 57.4 Å². The van der Waals surface area contributed by atoms with Crippen molar-refractivity contribution in [2.24, 2.45) is 0 Å². The Balaban J connectivity index is 1.71. The summed E-state index contributed by atoms with van der Waals surface area (Å²) in [7, 11) is -3.90. The molecule has 0 atom stereocenters. The summed E-state index contributed by atoms with van der Waals surface area (Å²) < 4.78 is 33.4. The first-order valence-electron chi connectivity index (χ1n) is 7.14. The van der Waals surface area contributed by atoms with E-state index in [1.165, 1.54) is 29.5 Å². The molecular weight excluding hydrogens is 403 g/mol. The number of thiazole rings is 1. The number of aromatic nitrogens is 1. The van der Waals surface area contributed by atoms with E-state index in [2.05, 4.69) is 9.71 Å². The zero-order valence-corrected chi connectivity index (χ0v) is 15.6. The van der Waals surface area contributed by atoms with Crippen LogP contribution in [-0.2, 0) is 16.6 Å². The maximum atomic E-state index is 12.6. The monoisotopic (exact) mass is 412 g/mol. The van der Waals surface area contributed by atoms with Gasteiger partial charge in [-0.1, -0.05) is 46.7 Å². The molecule has 4 rings (SSSR count). The van der Waals surface area contributed by atoms with Gasteiger partial charge in [0.15, 0.2) is 5.13 Å². The van der Waals surface area contributed by atoms with Crippen LogP contribution in [0.2, 0.25) is 10.0 Å². The number of hydrogen-bond donors (Lipinski definition) is 1. The first-order valence-corrected chi connectivity index (χ1v) is 10.2. The minimum Gasteiger partial charge on any atom is -0.487 e. The van der Waals surface area contributed by atoms with Crippen LogP contribution in [0.1, 0.15) is 4.88 Å². The fourth-order valence-corrected chi connectivity index (χ4v) is 5.38. The van der Waals surface area contributed by atoms with Crippen molar-refractivity contribution < 1.29 is 13.2 Å². The lowest BCUT2D eigenvalue weighted by molar-refractivity contribution is 0.305. The van der Waals surface area contributed by atoms with Gasteiger partial charge in [-0.05, 0) is 30.3 Å². The van der Waals surface area contributed by atoms with Crippen LogP contribution in [-0.4, -0.2) is 13.4 Å². The zero-order chi connectivity index (χ0) is 17.6. The fourth-order valence-electron chi connectivity index (χ4n) is 2.49. The van der Waals surface area contributed by atoms with E-state index >= 15 is 0 Å². The number of para-hydroxylation sites is 1. The molecule has 2 heterocycles. The number of rotatable bonds is 3. The number of anilines is 1. The number of nitrogens with zero attached hydrogens (tertiary/aromatic N) is 1. The van der Waals surface area contributed by atoms with Crippen LogP contribution in [0.15, 0.2) is 47.4 Å². The predicted molar refractivity (Wildman–Crippen MR) is 99.2 cm³/mol. The second kappa shape index (κ2) is 6.17. The highest BCUT2D eigenvalue weighted by Gasteiger charge is 2.25. The Labute approximate surface area is 158 Å². The summed E-state index contributed by atoms with van der Waals surface area (Å²) >= 11 is 13.1. The average Bonchev–Trinajstić information content (AvgIpc) is 2.99. The fraction of sp³-hybridized carbons (Fsp3) is 0.0625. The molecule has 1 N–H and O–H groups in total. The lowest BCUT2D eigenvalue weighted by Gasteiger charge is -2.15. The number of nitrogens with one attached hydrogen (secondary N) is 1. The maximum Gasteiger partial charge on any atom is 0.265 e. The van der Waals surface area contributed by atoms with Gasteiger partial charge in [-0.3, -0.25) is 4.72 Å². The van der Waals surface area contributed by atoms with E-state index in [1.807, 2.05) is 24.3 Å². The van der Waals surface area contributed by atoms with Gasteiger partial charge in [0.05, 0.1) is 15.6 Å². The van der Waals surface area contributed by atoms with E-state index in [1.54, 1.807) is 0 Å². The Morgan fingerprint density at radius 2 is 1.96 bits per heavy atom. The Bertz CT molecular complexity index is 1080. The van der Waals surface area contributed by atoms with Crippen molar-refractivity contribution in [1.82, 2.24) is 4.98 Å². The molecule has 0 radical (unpaired) electrons. The summed E-state index contributed by atoms with van der Waals surface area (Å²) in [6.07, 6.45) is 0. The normalized spacial score (nSPS) is 12.9. The highest BCUT2D eigenvalue weighted by Crippen LogP contribution is 2.41. The Morgan fingerprint density at radius 1 is 1.16 bits per heavy atom. The summed E-state index contributed by atoms with van der Waals surface area (Å²) in [5.41, 5.74) is 1.56. The zero-order valence-electron chi connectivity index (χ0n) is 12.5. The number of sulfonamides is 1. The predicted octanol–water partition coefficient (Wildman–Crippen LogP) is 4.81. The van der Waals surface area contributed by atoms with Gasteiger partial charge in [-0.2, -0.15) is 0 Å². The molecule has 1 aliphatic rings. The summed E-state index contributed by atoms with van der Waals surface area (Å²) in [6.45, 7) is 0.351. The number of benzene rings is 2. The summed E-state index contributed by atoms with van der Waals surface area (Å²) in [5.74, 6) is 0.729. The van der Waals surface area contributed by atoms with Crippen LogP contribution in [0.3, 0.4) is 0 Å². The average molecular weight is 413 g/mol. The number of hydrogen-bond acceptors (Lipinski definition) is 5. The molecule has 5 nitrogen and oxygen atoms in total. The second-order valence-electron chi connectivity index (χ2n) is 5.26. The molecule has 0 unspecified atom stereocenters. The van der Waals surface area contributed by atoms with Gasteiger partial charge < -0.3 is 4.74 Å². The Morgan fingerprint density at radius 3 is 2.80 bits per heavy atom. The molecule has 25 heavy (non-hydrogen) atoms. The number of ether oxygens (including phenoxy) is 1. The highest BCUT2D eigenvalue weighted by atomic mass is 35.5. The van der Waals surface area contributed by atoms with Gasteiger partial charge in [-0.25, -0.2) is 13.4 Å². The van der Waals surface area contributed by atoms with Gasteiger partial charge in [-0.15, -0.1) is 0 Å². The lowest BCUT2D eigenvalue weighted by Crippen LogP contribution is -2.13. The van der Waals surface area contributed by atoms with Crippen LogP contribution in [0.25, 0.3) is 11.3 Å². The summed E-state index contributed by atoms with van der Waals surface area (Å²) in [6, 6.07) is 11.8. The minimum atomic E-state index is -3.90. The molecule has 0 saturated carbocycles. The van der Waals surface area contributed by atoms with Crippen molar-refractivity contribution >= 4 is 49.7 Å². The number of halogens is 2. The third kappa shape index (κ3) is 3.08. The lowest BCUT2D eigenvalue weighted by atomic mass is 10.1. The van der Waals surface area contributed by atoms with E-state index in [9.17, 15) is 8.42 Å². The topological polar surface area (TPSA) is 68.3 Å². The van der Waals surface area contributed by atoms with E-state index in [-0.39, 0.29) is 20.1 Å². The molecule has 9 heteroatoms. The smallest absolute Gasteiger partial charge is 0.265 e. The van der Waals surface area contributed by atoms with Crippen molar-refractivity contribution in [1.29, 1.82) is 0 Å². The molecule has 128 valence electrons. The molecule has 3 aromatic rings. The molecular formula is C16H10Cl2N2O3S2. The van der Waals surface area contributed by atoms with Crippen molar-refractivity contribution in [3.63, 3.8) is 0 Å². The molecule has 0 saturated heterocycles. The summed E-state index contributed by atoms with van der Waals surface area (Å²) in [5, 5.41) is 0.624. The van der Waals surface area contributed by atoms with Crippen LogP contribution < -0.4 is 9.46 Å². The van der Waals surface area contributed by atoms with Crippen molar-refractivity contribution in [3.8, 4) is 17.0 Å². The molecule has 1 aromatic heterocycles. The van der Waals surface area contributed by atoms with Crippen LogP contribution in [0, 0.1) is 0 Å². The van der Waals surface area contributed by atoms with E-state index in [0.717, 1.165) is 21.9 Å². The van der Waals surface area contributed by atoms with Crippen LogP contribution in [0.4, 0.5) is 5.13 Å². The summed E-state index contributed by atoms with van der Waals surface area (Å²) in [4.78, 5) is 5.19. The molecule has 1 aliphatic heterocycles. The molecule has 0 spiro atoms. The Hall–Kier alpha value is -1.80. The largest absolute Gasteiger partial charge is 0.487 e. The van der Waals surface area contributed by atoms with E-state index in [0.29, 0.717) is 6.61 Å². The Kier molecular flexibility index (Phi) is 4.11. The molecule has 0 bridgehead atoms.